The van der Waals surface area contributed by atoms with E-state index in [2.05, 4.69) is 67.9 Å². The van der Waals surface area contributed by atoms with E-state index >= 15 is 0 Å². The highest BCUT2D eigenvalue weighted by Crippen LogP contribution is 2.25. The molecule has 0 amide bonds. The summed E-state index contributed by atoms with van der Waals surface area (Å²) in [5.74, 6) is 0.978. The summed E-state index contributed by atoms with van der Waals surface area (Å²) in [6.45, 7) is 6.05. The van der Waals surface area contributed by atoms with Gasteiger partial charge < -0.3 is 10.1 Å². The SMILES string of the molecule is CSC(CNC(C)C)COc1cccc2ccccc12.Cl. The molecular weight excluding hydrogens is 302 g/mol. The molecule has 116 valence electrons. The normalized spacial score (nSPS) is 12.2. The fourth-order valence-electron chi connectivity index (χ4n) is 2.08. The molecule has 0 saturated heterocycles. The Kier molecular flexibility index (Phi) is 7.94. The van der Waals surface area contributed by atoms with Gasteiger partial charge in [0.2, 0.25) is 0 Å². The van der Waals surface area contributed by atoms with Crippen molar-refractivity contribution in [1.29, 1.82) is 0 Å². The van der Waals surface area contributed by atoms with Crippen LogP contribution in [-0.4, -0.2) is 30.7 Å². The second-order valence-electron chi connectivity index (χ2n) is 5.21. The zero-order valence-electron chi connectivity index (χ0n) is 12.8. The fraction of sp³-hybridized carbons (Fsp3) is 0.412. The van der Waals surface area contributed by atoms with E-state index < -0.39 is 0 Å². The van der Waals surface area contributed by atoms with Crippen molar-refractivity contribution in [2.75, 3.05) is 19.4 Å². The third-order valence-electron chi connectivity index (χ3n) is 3.26. The second-order valence-corrected chi connectivity index (χ2v) is 6.35. The van der Waals surface area contributed by atoms with Crippen LogP contribution in [0.2, 0.25) is 0 Å². The first-order valence-electron chi connectivity index (χ1n) is 7.07. The molecule has 0 aliphatic rings. The minimum atomic E-state index is 0. The van der Waals surface area contributed by atoms with Crippen LogP contribution in [0.3, 0.4) is 0 Å². The molecule has 2 nitrogen and oxygen atoms in total. The Morgan fingerprint density at radius 2 is 1.81 bits per heavy atom. The molecule has 2 aromatic rings. The van der Waals surface area contributed by atoms with Gasteiger partial charge in [-0.25, -0.2) is 0 Å². The van der Waals surface area contributed by atoms with Gasteiger partial charge in [-0.05, 0) is 17.7 Å². The number of fused-ring (bicyclic) bond motifs is 1. The fourth-order valence-corrected chi connectivity index (χ4v) is 2.55. The third kappa shape index (κ3) is 5.42. The van der Waals surface area contributed by atoms with Crippen LogP contribution < -0.4 is 10.1 Å². The summed E-state index contributed by atoms with van der Waals surface area (Å²) in [7, 11) is 0. The van der Waals surface area contributed by atoms with Crippen molar-refractivity contribution in [1.82, 2.24) is 5.32 Å². The van der Waals surface area contributed by atoms with E-state index in [9.17, 15) is 0 Å². The van der Waals surface area contributed by atoms with Crippen molar-refractivity contribution < 1.29 is 4.74 Å². The Morgan fingerprint density at radius 3 is 2.52 bits per heavy atom. The Balaban J connectivity index is 0.00000220. The van der Waals surface area contributed by atoms with Crippen LogP contribution in [0, 0.1) is 0 Å². The molecule has 2 rings (SSSR count). The van der Waals surface area contributed by atoms with Crippen molar-refractivity contribution in [2.24, 2.45) is 0 Å². The van der Waals surface area contributed by atoms with Gasteiger partial charge in [0.1, 0.15) is 12.4 Å². The lowest BCUT2D eigenvalue weighted by atomic mass is 10.1. The van der Waals surface area contributed by atoms with Gasteiger partial charge >= 0.3 is 0 Å². The lowest BCUT2D eigenvalue weighted by Gasteiger charge is -2.18. The predicted molar refractivity (Wildman–Crippen MR) is 97.1 cm³/mol. The average molecular weight is 326 g/mol. The van der Waals surface area contributed by atoms with Gasteiger partial charge in [-0.1, -0.05) is 50.2 Å². The number of hydrogen-bond acceptors (Lipinski definition) is 3. The maximum Gasteiger partial charge on any atom is 0.127 e. The summed E-state index contributed by atoms with van der Waals surface area (Å²) in [5, 5.41) is 6.35. The second kappa shape index (κ2) is 9.19. The maximum atomic E-state index is 6.04. The summed E-state index contributed by atoms with van der Waals surface area (Å²) in [4.78, 5) is 0. The molecule has 0 aliphatic heterocycles. The molecule has 1 N–H and O–H groups in total. The van der Waals surface area contributed by atoms with E-state index in [4.69, 9.17) is 4.74 Å². The molecule has 1 atom stereocenters. The van der Waals surface area contributed by atoms with Crippen LogP contribution in [-0.2, 0) is 0 Å². The van der Waals surface area contributed by atoms with E-state index in [1.54, 1.807) is 0 Å². The summed E-state index contributed by atoms with van der Waals surface area (Å²) >= 11 is 1.85. The number of thioether (sulfide) groups is 1. The molecule has 4 heteroatoms. The number of benzene rings is 2. The molecular formula is C17H24ClNOS. The van der Waals surface area contributed by atoms with E-state index in [1.165, 1.54) is 10.8 Å². The van der Waals surface area contributed by atoms with Gasteiger partial charge in [0.05, 0.1) is 5.25 Å². The summed E-state index contributed by atoms with van der Waals surface area (Å²) < 4.78 is 6.04. The number of halogens is 1. The standard InChI is InChI=1S/C17H23NOS.ClH/c1-13(2)18-11-15(20-3)12-19-17-10-6-8-14-7-4-5-9-16(14)17;/h4-10,13,15,18H,11-12H2,1-3H3;1H. The van der Waals surface area contributed by atoms with Crippen LogP contribution in [0.1, 0.15) is 13.8 Å². The molecule has 0 radical (unpaired) electrons. The van der Waals surface area contributed by atoms with Crippen LogP contribution >= 0.6 is 24.2 Å². The lowest BCUT2D eigenvalue weighted by molar-refractivity contribution is 0.315. The minimum absolute atomic E-state index is 0. The van der Waals surface area contributed by atoms with Crippen molar-refractivity contribution in [3.05, 3.63) is 42.5 Å². The van der Waals surface area contributed by atoms with Gasteiger partial charge in [0.25, 0.3) is 0 Å². The third-order valence-corrected chi connectivity index (χ3v) is 4.23. The zero-order chi connectivity index (χ0) is 14.4. The van der Waals surface area contributed by atoms with E-state index in [0.29, 0.717) is 11.3 Å². The summed E-state index contributed by atoms with van der Waals surface area (Å²) in [5.41, 5.74) is 0. The number of nitrogens with one attached hydrogen (secondary N) is 1. The van der Waals surface area contributed by atoms with Crippen LogP contribution in [0.5, 0.6) is 5.75 Å². The molecule has 0 fully saturated rings. The Bertz CT molecular complexity index is 542. The summed E-state index contributed by atoms with van der Waals surface area (Å²) in [6, 6.07) is 15.1. The average Bonchev–Trinajstić information content (AvgIpc) is 2.47. The first kappa shape index (κ1) is 18.1. The highest BCUT2D eigenvalue weighted by molar-refractivity contribution is 7.99. The number of ether oxygens (including phenoxy) is 1. The lowest BCUT2D eigenvalue weighted by Crippen LogP contribution is -2.33. The molecule has 0 aromatic heterocycles. The van der Waals surface area contributed by atoms with Gasteiger partial charge in [-0.15, -0.1) is 12.4 Å². The van der Waals surface area contributed by atoms with Crippen molar-refractivity contribution in [2.45, 2.75) is 25.1 Å². The maximum absolute atomic E-state index is 6.04. The molecule has 0 aliphatic carbocycles. The van der Waals surface area contributed by atoms with E-state index in [1.807, 2.05) is 11.8 Å². The number of hydrogen-bond donors (Lipinski definition) is 1. The van der Waals surface area contributed by atoms with E-state index in [0.717, 1.165) is 18.9 Å². The Labute approximate surface area is 138 Å². The molecule has 1 unspecified atom stereocenters. The largest absolute Gasteiger partial charge is 0.492 e. The van der Waals surface area contributed by atoms with Crippen LogP contribution in [0.25, 0.3) is 10.8 Å². The van der Waals surface area contributed by atoms with Crippen molar-refractivity contribution in [3.63, 3.8) is 0 Å². The summed E-state index contributed by atoms with van der Waals surface area (Å²) in [6.07, 6.45) is 2.14. The molecule has 0 bridgehead atoms. The minimum Gasteiger partial charge on any atom is -0.492 e. The smallest absolute Gasteiger partial charge is 0.127 e. The first-order valence-corrected chi connectivity index (χ1v) is 8.36. The van der Waals surface area contributed by atoms with Crippen LogP contribution in [0.15, 0.2) is 42.5 Å². The topological polar surface area (TPSA) is 21.3 Å². The predicted octanol–water partition coefficient (Wildman–Crippen LogP) is 4.37. The van der Waals surface area contributed by atoms with Crippen LogP contribution in [0.4, 0.5) is 0 Å². The van der Waals surface area contributed by atoms with Gasteiger partial charge in [-0.2, -0.15) is 11.8 Å². The monoisotopic (exact) mass is 325 g/mol. The van der Waals surface area contributed by atoms with E-state index in [-0.39, 0.29) is 12.4 Å². The first-order chi connectivity index (χ1) is 9.70. The molecule has 21 heavy (non-hydrogen) atoms. The van der Waals surface area contributed by atoms with Crippen molar-refractivity contribution in [3.8, 4) is 5.75 Å². The Morgan fingerprint density at radius 1 is 1.10 bits per heavy atom. The molecule has 2 aromatic carbocycles. The Hall–Kier alpha value is -0.900. The zero-order valence-corrected chi connectivity index (χ0v) is 14.5. The molecule has 0 heterocycles. The number of rotatable bonds is 7. The van der Waals surface area contributed by atoms with Gasteiger partial charge in [0.15, 0.2) is 0 Å². The van der Waals surface area contributed by atoms with Gasteiger partial charge in [-0.3, -0.25) is 0 Å². The quantitative estimate of drug-likeness (QED) is 0.816. The van der Waals surface area contributed by atoms with Gasteiger partial charge in [0, 0.05) is 18.0 Å². The highest BCUT2D eigenvalue weighted by Gasteiger charge is 2.09. The molecule has 0 saturated carbocycles. The van der Waals surface area contributed by atoms with Crippen molar-refractivity contribution >= 4 is 34.9 Å². The molecule has 0 spiro atoms. The highest BCUT2D eigenvalue weighted by atomic mass is 35.5.